The van der Waals surface area contributed by atoms with E-state index in [4.69, 9.17) is 4.74 Å². The number of hydrogen-bond acceptors (Lipinski definition) is 4. The van der Waals surface area contributed by atoms with Crippen molar-refractivity contribution >= 4 is 5.97 Å². The van der Waals surface area contributed by atoms with Crippen molar-refractivity contribution in [1.29, 1.82) is 0 Å². The number of rotatable bonds is 9. The number of aliphatic hydroxyl groups is 1. The third-order valence-corrected chi connectivity index (χ3v) is 6.23. The van der Waals surface area contributed by atoms with Gasteiger partial charge >= 0.3 is 5.97 Å². The van der Waals surface area contributed by atoms with Gasteiger partial charge in [0.1, 0.15) is 11.3 Å². The molecular weight excluding hydrogens is 414 g/mol. The number of fused-ring (bicyclic) bond motifs is 1. The number of aromatic carboxylic acids is 1. The Labute approximate surface area is 195 Å². The number of carboxylic acids is 1. The number of carboxylic acid groups (broad SMARTS) is 1. The van der Waals surface area contributed by atoms with Crippen LogP contribution in [0.15, 0.2) is 66.7 Å². The highest BCUT2D eigenvalue weighted by Gasteiger charge is 2.20. The molecule has 1 aliphatic carbocycles. The summed E-state index contributed by atoms with van der Waals surface area (Å²) in [6.07, 6.45) is 3.23. The van der Waals surface area contributed by atoms with Crippen LogP contribution in [-0.2, 0) is 12.8 Å². The van der Waals surface area contributed by atoms with Crippen molar-refractivity contribution in [3.05, 3.63) is 89.0 Å². The molecule has 0 amide bonds. The van der Waals surface area contributed by atoms with E-state index < -0.39 is 12.1 Å². The summed E-state index contributed by atoms with van der Waals surface area (Å²) in [6, 6.07) is 21.8. The SMILES string of the molecule is CCCOc1cc(-c2ccc3c(c2)C[C@@H](NC[C@H](O)c2ccccc2)CC3)ccc1C(=O)O. The van der Waals surface area contributed by atoms with Gasteiger partial charge in [-0.1, -0.05) is 61.5 Å². The van der Waals surface area contributed by atoms with Gasteiger partial charge in [-0.15, -0.1) is 0 Å². The van der Waals surface area contributed by atoms with Gasteiger partial charge in [0, 0.05) is 12.6 Å². The lowest BCUT2D eigenvalue weighted by atomic mass is 9.86. The van der Waals surface area contributed by atoms with E-state index >= 15 is 0 Å². The summed E-state index contributed by atoms with van der Waals surface area (Å²) in [5.41, 5.74) is 5.76. The van der Waals surface area contributed by atoms with E-state index in [1.807, 2.05) is 49.4 Å². The van der Waals surface area contributed by atoms with Crippen LogP contribution in [0.1, 0.15) is 52.9 Å². The molecule has 5 nitrogen and oxygen atoms in total. The number of aliphatic hydroxyl groups excluding tert-OH is 1. The highest BCUT2D eigenvalue weighted by atomic mass is 16.5. The van der Waals surface area contributed by atoms with Crippen molar-refractivity contribution in [3.8, 4) is 16.9 Å². The highest BCUT2D eigenvalue weighted by molar-refractivity contribution is 5.92. The summed E-state index contributed by atoms with van der Waals surface area (Å²) in [4.78, 5) is 11.6. The van der Waals surface area contributed by atoms with E-state index in [0.29, 0.717) is 24.9 Å². The summed E-state index contributed by atoms with van der Waals surface area (Å²) in [7, 11) is 0. The average Bonchev–Trinajstić information content (AvgIpc) is 2.85. The maximum atomic E-state index is 11.6. The van der Waals surface area contributed by atoms with Crippen molar-refractivity contribution in [2.24, 2.45) is 0 Å². The summed E-state index contributed by atoms with van der Waals surface area (Å²) >= 11 is 0. The molecule has 0 saturated heterocycles. The van der Waals surface area contributed by atoms with Gasteiger partial charge in [-0.2, -0.15) is 0 Å². The summed E-state index contributed by atoms with van der Waals surface area (Å²) in [5, 5.41) is 23.5. The number of aryl methyl sites for hydroxylation is 1. The van der Waals surface area contributed by atoms with E-state index in [9.17, 15) is 15.0 Å². The molecule has 0 heterocycles. The first-order valence-corrected chi connectivity index (χ1v) is 11.6. The molecule has 5 heteroatoms. The zero-order chi connectivity index (χ0) is 23.2. The van der Waals surface area contributed by atoms with E-state index in [0.717, 1.165) is 42.4 Å². The van der Waals surface area contributed by atoms with E-state index in [2.05, 4.69) is 23.5 Å². The molecule has 4 rings (SSSR count). The molecule has 2 atom stereocenters. The number of hydrogen-bond donors (Lipinski definition) is 3. The third-order valence-electron chi connectivity index (χ3n) is 6.23. The van der Waals surface area contributed by atoms with E-state index in [1.54, 1.807) is 6.07 Å². The fourth-order valence-corrected chi connectivity index (χ4v) is 4.39. The van der Waals surface area contributed by atoms with Gasteiger partial charge in [0.05, 0.1) is 12.7 Å². The molecule has 0 spiro atoms. The number of ether oxygens (including phenoxy) is 1. The molecule has 0 saturated carbocycles. The van der Waals surface area contributed by atoms with Crippen molar-refractivity contribution < 1.29 is 19.7 Å². The van der Waals surface area contributed by atoms with E-state index in [-0.39, 0.29) is 5.56 Å². The summed E-state index contributed by atoms with van der Waals surface area (Å²) in [5.74, 6) is -0.571. The largest absolute Gasteiger partial charge is 0.493 e. The average molecular weight is 446 g/mol. The Morgan fingerprint density at radius 3 is 2.58 bits per heavy atom. The van der Waals surface area contributed by atoms with Crippen LogP contribution >= 0.6 is 0 Å². The minimum atomic E-state index is -0.982. The van der Waals surface area contributed by atoms with Gasteiger partial charge in [0.25, 0.3) is 0 Å². The second kappa shape index (κ2) is 10.6. The van der Waals surface area contributed by atoms with Crippen molar-refractivity contribution in [3.63, 3.8) is 0 Å². The van der Waals surface area contributed by atoms with Gasteiger partial charge in [-0.25, -0.2) is 4.79 Å². The fourth-order valence-electron chi connectivity index (χ4n) is 4.39. The minimum absolute atomic E-state index is 0.186. The lowest BCUT2D eigenvalue weighted by molar-refractivity contribution is 0.0692. The normalized spacial score (nSPS) is 16.1. The molecule has 0 bridgehead atoms. The molecule has 3 N–H and O–H groups in total. The molecule has 0 fully saturated rings. The quantitative estimate of drug-likeness (QED) is 0.431. The Morgan fingerprint density at radius 1 is 1.06 bits per heavy atom. The minimum Gasteiger partial charge on any atom is -0.493 e. The van der Waals surface area contributed by atoms with Gasteiger partial charge in [0.15, 0.2) is 0 Å². The molecule has 172 valence electrons. The lowest BCUT2D eigenvalue weighted by Gasteiger charge is -2.27. The molecule has 0 aliphatic heterocycles. The Balaban J connectivity index is 1.48. The molecular formula is C28H31NO4. The van der Waals surface area contributed by atoms with Crippen LogP contribution in [-0.4, -0.2) is 35.4 Å². The smallest absolute Gasteiger partial charge is 0.339 e. The van der Waals surface area contributed by atoms with Gasteiger partial charge in [-0.05, 0) is 65.6 Å². The number of carbonyl (C=O) groups is 1. The molecule has 3 aromatic rings. The molecule has 0 radical (unpaired) electrons. The van der Waals surface area contributed by atoms with Crippen LogP contribution in [0.4, 0.5) is 0 Å². The topological polar surface area (TPSA) is 78.8 Å². The van der Waals surface area contributed by atoms with Crippen molar-refractivity contribution in [1.82, 2.24) is 5.32 Å². The predicted octanol–water partition coefficient (Wildman–Crippen LogP) is 5.02. The van der Waals surface area contributed by atoms with Crippen LogP contribution < -0.4 is 10.1 Å². The molecule has 33 heavy (non-hydrogen) atoms. The molecule has 3 aromatic carbocycles. The second-order valence-electron chi connectivity index (χ2n) is 8.62. The highest BCUT2D eigenvalue weighted by Crippen LogP contribution is 2.31. The standard InChI is InChI=1S/C28H31NO4/c1-2-14-33-27-17-22(11-13-25(27)28(31)32)21-9-8-19-10-12-24(16-23(19)15-21)29-18-26(30)20-6-4-3-5-7-20/h3-9,11,13,15,17,24,26,29-30H,2,10,12,14,16,18H2,1H3,(H,31,32)/t24-,26-/m0/s1. The zero-order valence-corrected chi connectivity index (χ0v) is 19.0. The lowest BCUT2D eigenvalue weighted by Crippen LogP contribution is -2.37. The second-order valence-corrected chi connectivity index (χ2v) is 8.62. The monoisotopic (exact) mass is 445 g/mol. The van der Waals surface area contributed by atoms with Crippen LogP contribution in [0, 0.1) is 0 Å². The summed E-state index contributed by atoms with van der Waals surface area (Å²) < 4.78 is 5.72. The van der Waals surface area contributed by atoms with Gasteiger partial charge in [-0.3, -0.25) is 0 Å². The fraction of sp³-hybridized carbons (Fsp3) is 0.321. The Morgan fingerprint density at radius 2 is 1.82 bits per heavy atom. The maximum absolute atomic E-state index is 11.6. The Hall–Kier alpha value is -3.15. The zero-order valence-electron chi connectivity index (χ0n) is 19.0. The summed E-state index contributed by atoms with van der Waals surface area (Å²) in [6.45, 7) is 3.01. The first-order chi connectivity index (χ1) is 16.0. The van der Waals surface area contributed by atoms with Crippen molar-refractivity contribution in [2.45, 2.75) is 44.8 Å². The molecule has 1 aliphatic rings. The van der Waals surface area contributed by atoms with Crippen molar-refractivity contribution in [2.75, 3.05) is 13.2 Å². The van der Waals surface area contributed by atoms with E-state index in [1.165, 1.54) is 11.1 Å². The van der Waals surface area contributed by atoms with Crippen LogP contribution in [0.3, 0.4) is 0 Å². The first-order valence-electron chi connectivity index (χ1n) is 11.6. The maximum Gasteiger partial charge on any atom is 0.339 e. The predicted molar refractivity (Wildman–Crippen MR) is 130 cm³/mol. The third kappa shape index (κ3) is 5.62. The molecule has 0 aromatic heterocycles. The van der Waals surface area contributed by atoms with Gasteiger partial charge < -0.3 is 20.3 Å². The number of benzene rings is 3. The Kier molecular flexibility index (Phi) is 7.43. The van der Waals surface area contributed by atoms with Crippen LogP contribution in [0.25, 0.3) is 11.1 Å². The van der Waals surface area contributed by atoms with Gasteiger partial charge in [0.2, 0.25) is 0 Å². The number of nitrogens with one attached hydrogen (secondary N) is 1. The molecule has 0 unspecified atom stereocenters. The first kappa shape index (κ1) is 23.0. The van der Waals surface area contributed by atoms with Crippen LogP contribution in [0.5, 0.6) is 5.75 Å². The Bertz CT molecular complexity index is 1100. The van der Waals surface area contributed by atoms with Crippen LogP contribution in [0.2, 0.25) is 0 Å².